The van der Waals surface area contributed by atoms with Crippen molar-refractivity contribution < 1.29 is 9.47 Å². The number of rotatable bonds is 5. The number of hydrogen-bond donors (Lipinski definition) is 1. The van der Waals surface area contributed by atoms with Crippen LogP contribution in [-0.2, 0) is 13.1 Å². The Kier molecular flexibility index (Phi) is 7.27. The molecule has 1 atom stereocenters. The summed E-state index contributed by atoms with van der Waals surface area (Å²) >= 11 is 0. The number of ether oxygens (including phenoxy) is 2. The zero-order valence-corrected chi connectivity index (χ0v) is 21.7. The van der Waals surface area contributed by atoms with Crippen LogP contribution in [0, 0.1) is 11.3 Å². The predicted molar refractivity (Wildman–Crippen MR) is 147 cm³/mol. The molecular weight excluding hydrogens is 504 g/mol. The van der Waals surface area contributed by atoms with Crippen LogP contribution < -0.4 is 25.7 Å². The highest BCUT2D eigenvalue weighted by molar-refractivity contribution is 5.89. The SMILES string of the molecule is Cl.N#Cc1c(N2CCC[C@H](N)C2)n(Cc2ccccc2)c2c(=O)n(Cc3ccc4c(c3)OCCO4)cnc12. The molecule has 0 saturated carbocycles. The molecule has 0 amide bonds. The number of hydrogen-bond acceptors (Lipinski definition) is 7. The number of nitriles is 1. The third-order valence-electron chi connectivity index (χ3n) is 7.01. The molecule has 0 unspecified atom stereocenters. The van der Waals surface area contributed by atoms with E-state index in [-0.39, 0.29) is 24.0 Å². The molecular formula is C28H29ClN6O3. The number of aromatic nitrogens is 3. The van der Waals surface area contributed by atoms with Gasteiger partial charge in [-0.3, -0.25) is 9.36 Å². The summed E-state index contributed by atoms with van der Waals surface area (Å²) in [7, 11) is 0. The van der Waals surface area contributed by atoms with E-state index in [9.17, 15) is 10.1 Å². The van der Waals surface area contributed by atoms with Crippen molar-refractivity contribution in [3.63, 3.8) is 0 Å². The van der Waals surface area contributed by atoms with E-state index in [4.69, 9.17) is 15.2 Å². The maximum Gasteiger partial charge on any atom is 0.278 e. The van der Waals surface area contributed by atoms with Crippen molar-refractivity contribution in [2.45, 2.75) is 32.0 Å². The van der Waals surface area contributed by atoms with Crippen molar-refractivity contribution in [1.29, 1.82) is 5.26 Å². The first kappa shape index (κ1) is 25.6. The molecule has 6 rings (SSSR count). The largest absolute Gasteiger partial charge is 0.486 e. The van der Waals surface area contributed by atoms with Gasteiger partial charge in [0.15, 0.2) is 11.5 Å². The molecule has 2 N–H and O–H groups in total. The summed E-state index contributed by atoms with van der Waals surface area (Å²) in [6, 6.07) is 18.0. The standard InChI is InChI=1S/C28H28N6O3.ClH/c29-14-22-25-26(28(35)33(18-31-25)15-20-8-9-23-24(13-20)37-12-11-36-23)34(16-19-5-2-1-3-6-19)27(22)32-10-4-7-21(30)17-32;/h1-3,5-6,8-9,13,18,21H,4,7,10-12,15-17,30H2;1H/t21-;/m0./s1. The van der Waals surface area contributed by atoms with Crippen molar-refractivity contribution in [3.8, 4) is 17.6 Å². The van der Waals surface area contributed by atoms with E-state index in [1.165, 1.54) is 6.33 Å². The molecule has 2 aromatic heterocycles. The summed E-state index contributed by atoms with van der Waals surface area (Å²) in [5.74, 6) is 2.10. The zero-order valence-electron chi connectivity index (χ0n) is 20.9. The highest BCUT2D eigenvalue weighted by atomic mass is 35.5. The number of halogens is 1. The Balaban J connectivity index is 0.00000294. The average molecular weight is 533 g/mol. The van der Waals surface area contributed by atoms with E-state index >= 15 is 0 Å². The van der Waals surface area contributed by atoms with Crippen molar-refractivity contribution in [2.75, 3.05) is 31.2 Å². The van der Waals surface area contributed by atoms with Gasteiger partial charge in [-0.2, -0.15) is 5.26 Å². The summed E-state index contributed by atoms with van der Waals surface area (Å²) in [6.45, 7) is 3.20. The summed E-state index contributed by atoms with van der Waals surface area (Å²) < 4.78 is 14.9. The monoisotopic (exact) mass is 532 g/mol. The maximum atomic E-state index is 14.0. The van der Waals surface area contributed by atoms with Crippen LogP contribution in [0.5, 0.6) is 11.5 Å². The Morgan fingerprint density at radius 3 is 2.61 bits per heavy atom. The molecule has 0 radical (unpaired) electrons. The first-order valence-electron chi connectivity index (χ1n) is 12.6. The lowest BCUT2D eigenvalue weighted by Gasteiger charge is -2.33. The van der Waals surface area contributed by atoms with E-state index < -0.39 is 0 Å². The molecule has 9 nitrogen and oxygen atoms in total. The molecule has 0 spiro atoms. The number of anilines is 1. The maximum absolute atomic E-state index is 14.0. The minimum atomic E-state index is -0.195. The van der Waals surface area contributed by atoms with Crippen LogP contribution in [0.4, 0.5) is 5.82 Å². The Labute approximate surface area is 226 Å². The number of piperidine rings is 1. The Hall–Kier alpha value is -4.00. The Bertz CT molecular complexity index is 1560. The van der Waals surface area contributed by atoms with Crippen LogP contribution in [-0.4, -0.2) is 46.5 Å². The van der Waals surface area contributed by atoms with E-state index in [1.54, 1.807) is 4.57 Å². The van der Waals surface area contributed by atoms with Crippen molar-refractivity contribution in [2.24, 2.45) is 5.73 Å². The quantitative estimate of drug-likeness (QED) is 0.420. The van der Waals surface area contributed by atoms with Gasteiger partial charge in [0.1, 0.15) is 41.7 Å². The van der Waals surface area contributed by atoms with Crippen molar-refractivity contribution in [3.05, 3.63) is 81.9 Å². The van der Waals surface area contributed by atoms with Gasteiger partial charge in [0, 0.05) is 25.7 Å². The number of benzene rings is 2. The fraction of sp³-hybridized carbons (Fsp3) is 0.321. The van der Waals surface area contributed by atoms with Gasteiger partial charge in [0.05, 0.1) is 12.9 Å². The van der Waals surface area contributed by atoms with Crippen LogP contribution in [0.1, 0.15) is 29.5 Å². The fourth-order valence-corrected chi connectivity index (χ4v) is 5.30. The predicted octanol–water partition coefficient (Wildman–Crippen LogP) is 3.29. The number of fused-ring (bicyclic) bond motifs is 2. The molecule has 0 aliphatic carbocycles. The first-order chi connectivity index (χ1) is 18.1. The van der Waals surface area contributed by atoms with Gasteiger partial charge in [-0.1, -0.05) is 36.4 Å². The van der Waals surface area contributed by atoms with E-state index in [2.05, 4.69) is 16.0 Å². The highest BCUT2D eigenvalue weighted by Gasteiger charge is 2.28. The second kappa shape index (κ2) is 10.8. The zero-order chi connectivity index (χ0) is 25.4. The van der Waals surface area contributed by atoms with Crippen molar-refractivity contribution in [1.82, 2.24) is 14.1 Å². The van der Waals surface area contributed by atoms with Crippen LogP contribution in [0.15, 0.2) is 59.7 Å². The molecule has 2 aliphatic rings. The Morgan fingerprint density at radius 1 is 1.05 bits per heavy atom. The molecule has 10 heteroatoms. The lowest BCUT2D eigenvalue weighted by atomic mass is 10.1. The normalized spacial score (nSPS) is 16.6. The van der Waals surface area contributed by atoms with Gasteiger partial charge in [0.2, 0.25) is 0 Å². The second-order valence-corrected chi connectivity index (χ2v) is 9.58. The molecule has 196 valence electrons. The van der Waals surface area contributed by atoms with E-state index in [0.717, 1.165) is 36.3 Å². The third-order valence-corrected chi connectivity index (χ3v) is 7.01. The van der Waals surface area contributed by atoms with Gasteiger partial charge in [-0.15, -0.1) is 12.4 Å². The summed E-state index contributed by atoms with van der Waals surface area (Å²) in [6.07, 6.45) is 3.40. The minimum absolute atomic E-state index is 0. The summed E-state index contributed by atoms with van der Waals surface area (Å²) in [5, 5.41) is 10.2. The van der Waals surface area contributed by atoms with E-state index in [0.29, 0.717) is 60.9 Å². The molecule has 2 aromatic carbocycles. The highest BCUT2D eigenvalue weighted by Crippen LogP contribution is 2.33. The van der Waals surface area contributed by atoms with Gasteiger partial charge in [-0.25, -0.2) is 4.98 Å². The number of nitrogens with zero attached hydrogens (tertiary/aromatic N) is 5. The van der Waals surface area contributed by atoms with Crippen LogP contribution in [0.2, 0.25) is 0 Å². The van der Waals surface area contributed by atoms with Gasteiger partial charge in [-0.05, 0) is 36.1 Å². The van der Waals surface area contributed by atoms with Gasteiger partial charge < -0.3 is 24.7 Å². The lowest BCUT2D eigenvalue weighted by Crippen LogP contribution is -2.44. The average Bonchev–Trinajstić information content (AvgIpc) is 3.24. The molecule has 38 heavy (non-hydrogen) atoms. The fourth-order valence-electron chi connectivity index (χ4n) is 5.30. The molecule has 0 bridgehead atoms. The summed E-state index contributed by atoms with van der Waals surface area (Å²) in [4.78, 5) is 20.7. The smallest absolute Gasteiger partial charge is 0.278 e. The van der Waals surface area contributed by atoms with E-state index in [1.807, 2.05) is 53.1 Å². The topological polar surface area (TPSA) is 111 Å². The lowest BCUT2D eigenvalue weighted by molar-refractivity contribution is 0.171. The van der Waals surface area contributed by atoms with Crippen molar-refractivity contribution >= 4 is 29.3 Å². The molecule has 1 fully saturated rings. The van der Waals surface area contributed by atoms with Crippen LogP contribution in [0.25, 0.3) is 11.0 Å². The first-order valence-corrected chi connectivity index (χ1v) is 12.6. The molecule has 1 saturated heterocycles. The second-order valence-electron chi connectivity index (χ2n) is 9.58. The molecule has 4 aromatic rings. The molecule has 4 heterocycles. The summed E-state index contributed by atoms with van der Waals surface area (Å²) in [5.41, 5.74) is 9.32. The molecule has 2 aliphatic heterocycles. The van der Waals surface area contributed by atoms with Gasteiger partial charge >= 0.3 is 0 Å². The van der Waals surface area contributed by atoms with Crippen LogP contribution in [0.3, 0.4) is 0 Å². The number of nitrogens with two attached hydrogens (primary N) is 1. The Morgan fingerprint density at radius 2 is 1.84 bits per heavy atom. The third kappa shape index (κ3) is 4.69. The van der Waals surface area contributed by atoms with Gasteiger partial charge in [0.25, 0.3) is 5.56 Å². The van der Waals surface area contributed by atoms with Crippen LogP contribution >= 0.6 is 12.4 Å². The minimum Gasteiger partial charge on any atom is -0.486 e.